The number of rotatable bonds is 0. The first-order valence-electron chi connectivity index (χ1n) is 6.64. The largest absolute Gasteiger partial charge is 0.374 e. The monoisotopic (exact) mass is 296 g/mol. The summed E-state index contributed by atoms with van der Waals surface area (Å²) in [5, 5.41) is 0.646. The Morgan fingerprint density at radius 2 is 1.65 bits per heavy atom. The lowest BCUT2D eigenvalue weighted by Gasteiger charge is -2.37. The van der Waals surface area contributed by atoms with E-state index in [0.29, 0.717) is 29.2 Å². The predicted octanol–water partition coefficient (Wildman–Crippen LogP) is 4.03. The molecule has 1 nitrogen and oxygen atoms in total. The maximum absolute atomic E-state index is 6.52. The minimum atomic E-state index is 0.167. The van der Waals surface area contributed by atoms with Crippen molar-refractivity contribution >= 4 is 34.8 Å². The summed E-state index contributed by atoms with van der Waals surface area (Å²) >= 11 is 19.1. The number of fused-ring (bicyclic) bond motifs is 3. The molecule has 0 aromatic heterocycles. The van der Waals surface area contributed by atoms with Crippen molar-refractivity contribution in [2.75, 3.05) is 0 Å². The van der Waals surface area contributed by atoms with Crippen molar-refractivity contribution < 1.29 is 4.74 Å². The zero-order valence-corrected chi connectivity index (χ0v) is 12.3. The normalized spacial score (nSPS) is 58.6. The summed E-state index contributed by atoms with van der Waals surface area (Å²) in [5.41, 5.74) is 0. The molecule has 17 heavy (non-hydrogen) atoms. The van der Waals surface area contributed by atoms with Gasteiger partial charge in [-0.25, -0.2) is 0 Å². The molecule has 0 aromatic carbocycles. The van der Waals surface area contributed by atoms with Crippen LogP contribution in [0.2, 0.25) is 0 Å². The SMILES string of the molecule is CC1CC(Cl)CC2C1OC1CC(Cl)CC(Cl)C12. The fraction of sp³-hybridized carbons (Fsp3) is 1.00. The second-order valence-electron chi connectivity index (χ2n) is 6.01. The van der Waals surface area contributed by atoms with Crippen LogP contribution in [-0.4, -0.2) is 28.3 Å². The van der Waals surface area contributed by atoms with Crippen LogP contribution in [0.25, 0.3) is 0 Å². The first-order chi connectivity index (χ1) is 8.06. The third kappa shape index (κ3) is 2.22. The first kappa shape index (κ1) is 12.8. The molecule has 0 bridgehead atoms. The smallest absolute Gasteiger partial charge is 0.0639 e. The van der Waals surface area contributed by atoms with Crippen molar-refractivity contribution in [3.05, 3.63) is 0 Å². The van der Waals surface area contributed by atoms with E-state index in [4.69, 9.17) is 39.5 Å². The predicted molar refractivity (Wildman–Crippen MR) is 72.2 cm³/mol. The lowest BCUT2D eigenvalue weighted by atomic mass is 9.70. The van der Waals surface area contributed by atoms with Gasteiger partial charge in [0.25, 0.3) is 0 Å². The zero-order valence-electron chi connectivity index (χ0n) is 9.99. The minimum absolute atomic E-state index is 0.167. The third-order valence-electron chi connectivity index (χ3n) is 4.78. The van der Waals surface area contributed by atoms with Crippen LogP contribution in [0.4, 0.5) is 0 Å². The van der Waals surface area contributed by atoms with Gasteiger partial charge in [0, 0.05) is 22.0 Å². The molecule has 3 rings (SSSR count). The van der Waals surface area contributed by atoms with Crippen LogP contribution in [0.3, 0.4) is 0 Å². The number of alkyl halides is 3. The van der Waals surface area contributed by atoms with Crippen molar-refractivity contribution in [1.82, 2.24) is 0 Å². The topological polar surface area (TPSA) is 9.23 Å². The number of ether oxygens (including phenoxy) is 1. The van der Waals surface area contributed by atoms with Crippen LogP contribution in [0, 0.1) is 17.8 Å². The van der Waals surface area contributed by atoms with E-state index in [2.05, 4.69) is 6.92 Å². The molecule has 8 atom stereocenters. The van der Waals surface area contributed by atoms with Gasteiger partial charge in [0.15, 0.2) is 0 Å². The van der Waals surface area contributed by atoms with Gasteiger partial charge in [-0.3, -0.25) is 0 Å². The van der Waals surface area contributed by atoms with Crippen LogP contribution >= 0.6 is 34.8 Å². The molecule has 0 aromatic rings. The van der Waals surface area contributed by atoms with Crippen molar-refractivity contribution in [2.45, 2.75) is 60.9 Å². The Labute approximate surface area is 118 Å². The van der Waals surface area contributed by atoms with E-state index >= 15 is 0 Å². The third-order valence-corrected chi connectivity index (χ3v) is 5.96. The van der Waals surface area contributed by atoms with E-state index < -0.39 is 0 Å². The van der Waals surface area contributed by atoms with E-state index in [1.165, 1.54) is 0 Å². The highest BCUT2D eigenvalue weighted by molar-refractivity contribution is 6.24. The van der Waals surface area contributed by atoms with Gasteiger partial charge >= 0.3 is 0 Å². The van der Waals surface area contributed by atoms with Crippen molar-refractivity contribution in [2.24, 2.45) is 17.8 Å². The van der Waals surface area contributed by atoms with Crippen LogP contribution in [0.15, 0.2) is 0 Å². The van der Waals surface area contributed by atoms with Crippen molar-refractivity contribution in [3.63, 3.8) is 0 Å². The standard InChI is InChI=1S/C13H19Cl3O/c1-6-2-7(14)3-9-12-10(16)4-8(15)5-11(12)17-13(6)9/h6-13H,2-5H2,1H3. The molecule has 2 saturated carbocycles. The summed E-state index contributed by atoms with van der Waals surface area (Å²) in [4.78, 5) is 0. The van der Waals surface area contributed by atoms with Gasteiger partial charge < -0.3 is 4.74 Å². The molecule has 8 unspecified atom stereocenters. The van der Waals surface area contributed by atoms with Crippen LogP contribution < -0.4 is 0 Å². The molecule has 2 aliphatic carbocycles. The summed E-state index contributed by atoms with van der Waals surface area (Å²) in [6.07, 6.45) is 4.64. The van der Waals surface area contributed by atoms with Gasteiger partial charge in [0.2, 0.25) is 0 Å². The number of hydrogen-bond acceptors (Lipinski definition) is 1. The highest BCUT2D eigenvalue weighted by Crippen LogP contribution is 2.51. The van der Waals surface area contributed by atoms with Gasteiger partial charge in [0.1, 0.15) is 0 Å². The fourth-order valence-electron chi connectivity index (χ4n) is 4.13. The van der Waals surface area contributed by atoms with E-state index in [0.717, 1.165) is 25.7 Å². The molecule has 0 spiro atoms. The molecular weight excluding hydrogens is 279 g/mol. The Balaban J connectivity index is 1.82. The molecule has 98 valence electrons. The van der Waals surface area contributed by atoms with E-state index in [9.17, 15) is 0 Å². The summed E-state index contributed by atoms with van der Waals surface area (Å²) in [5.74, 6) is 1.58. The molecular formula is C13H19Cl3O. The Bertz CT molecular complexity index is 298. The second-order valence-corrected chi connectivity index (χ2v) is 7.81. The first-order valence-corrected chi connectivity index (χ1v) is 7.95. The quantitative estimate of drug-likeness (QED) is 0.613. The van der Waals surface area contributed by atoms with Crippen molar-refractivity contribution in [3.8, 4) is 0 Å². The van der Waals surface area contributed by atoms with Gasteiger partial charge in [-0.15, -0.1) is 34.8 Å². The molecule has 0 radical (unpaired) electrons. The maximum Gasteiger partial charge on any atom is 0.0639 e. The zero-order chi connectivity index (χ0) is 12.2. The summed E-state index contributed by atoms with van der Waals surface area (Å²) in [6, 6.07) is 0. The number of halogens is 3. The Morgan fingerprint density at radius 1 is 0.941 bits per heavy atom. The second kappa shape index (κ2) is 4.74. The van der Waals surface area contributed by atoms with Crippen LogP contribution in [0.5, 0.6) is 0 Å². The highest BCUT2D eigenvalue weighted by atomic mass is 35.5. The molecule has 4 heteroatoms. The maximum atomic E-state index is 6.52. The van der Waals surface area contributed by atoms with Crippen LogP contribution in [0.1, 0.15) is 32.6 Å². The summed E-state index contributed by atoms with van der Waals surface area (Å²) < 4.78 is 6.24. The van der Waals surface area contributed by atoms with E-state index in [1.54, 1.807) is 0 Å². The number of hydrogen-bond donors (Lipinski definition) is 0. The lowest BCUT2D eigenvalue weighted by Crippen LogP contribution is -2.41. The van der Waals surface area contributed by atoms with Gasteiger partial charge in [-0.2, -0.15) is 0 Å². The Kier molecular flexibility index (Phi) is 3.58. The van der Waals surface area contributed by atoms with Crippen LogP contribution in [-0.2, 0) is 4.74 Å². The highest BCUT2D eigenvalue weighted by Gasteiger charge is 2.53. The van der Waals surface area contributed by atoms with Gasteiger partial charge in [-0.05, 0) is 37.5 Å². The molecule has 3 aliphatic rings. The molecule has 0 amide bonds. The molecule has 1 aliphatic heterocycles. The van der Waals surface area contributed by atoms with Crippen molar-refractivity contribution in [1.29, 1.82) is 0 Å². The van der Waals surface area contributed by atoms with E-state index in [1.807, 2.05) is 0 Å². The van der Waals surface area contributed by atoms with E-state index in [-0.39, 0.29) is 16.9 Å². The molecule has 1 saturated heterocycles. The lowest BCUT2D eigenvalue weighted by molar-refractivity contribution is -0.0186. The molecule has 0 N–H and O–H groups in total. The molecule has 3 fully saturated rings. The average Bonchev–Trinajstić information content (AvgIpc) is 2.56. The molecule has 1 heterocycles. The average molecular weight is 298 g/mol. The minimum Gasteiger partial charge on any atom is -0.374 e. The summed E-state index contributed by atoms with van der Waals surface area (Å²) in [6.45, 7) is 2.25. The van der Waals surface area contributed by atoms with Gasteiger partial charge in [-0.1, -0.05) is 6.92 Å². The summed E-state index contributed by atoms with van der Waals surface area (Å²) in [7, 11) is 0. The Morgan fingerprint density at radius 3 is 2.41 bits per heavy atom. The van der Waals surface area contributed by atoms with Gasteiger partial charge in [0.05, 0.1) is 12.2 Å². The Hall–Kier alpha value is 0.830. The fourth-order valence-corrected chi connectivity index (χ4v) is 5.64.